The van der Waals surface area contributed by atoms with Crippen LogP contribution in [0.1, 0.15) is 23.2 Å². The van der Waals surface area contributed by atoms with Crippen molar-refractivity contribution in [2.75, 3.05) is 25.6 Å². The first-order valence-electron chi connectivity index (χ1n) is 6.63. The van der Waals surface area contributed by atoms with Crippen LogP contribution in [0.2, 0.25) is 0 Å². The van der Waals surface area contributed by atoms with Gasteiger partial charge in [0.2, 0.25) is 0 Å². The Balaban J connectivity index is 2.03. The molecule has 7 heteroatoms. The minimum absolute atomic E-state index is 0.163. The SMILES string of the molecule is CN(C(=O)Nc1ccc(C(=O)O)cc1Br)C1CCOCC1. The number of nitrogens with one attached hydrogen (secondary N) is 1. The lowest BCUT2D eigenvalue weighted by molar-refractivity contribution is 0.0544. The van der Waals surface area contributed by atoms with E-state index < -0.39 is 5.97 Å². The maximum atomic E-state index is 12.2. The maximum Gasteiger partial charge on any atom is 0.335 e. The number of anilines is 1. The zero-order valence-corrected chi connectivity index (χ0v) is 13.2. The highest BCUT2D eigenvalue weighted by Crippen LogP contribution is 2.24. The lowest BCUT2D eigenvalue weighted by Gasteiger charge is -2.31. The fraction of sp³-hybridized carbons (Fsp3) is 0.429. The number of nitrogens with zero attached hydrogens (tertiary/aromatic N) is 1. The monoisotopic (exact) mass is 356 g/mol. The molecule has 0 aromatic heterocycles. The molecule has 114 valence electrons. The fourth-order valence-corrected chi connectivity index (χ4v) is 2.67. The van der Waals surface area contributed by atoms with E-state index in [2.05, 4.69) is 21.2 Å². The number of carbonyl (C=O) groups is 2. The van der Waals surface area contributed by atoms with E-state index in [1.54, 1.807) is 18.0 Å². The highest BCUT2D eigenvalue weighted by atomic mass is 79.9. The Morgan fingerprint density at radius 3 is 2.62 bits per heavy atom. The van der Waals surface area contributed by atoms with Crippen molar-refractivity contribution in [3.63, 3.8) is 0 Å². The summed E-state index contributed by atoms with van der Waals surface area (Å²) in [7, 11) is 1.75. The lowest BCUT2D eigenvalue weighted by Crippen LogP contribution is -2.42. The van der Waals surface area contributed by atoms with E-state index in [4.69, 9.17) is 9.84 Å². The molecule has 0 unspecified atom stereocenters. The predicted molar refractivity (Wildman–Crippen MR) is 81.7 cm³/mol. The Labute approximate surface area is 131 Å². The second kappa shape index (κ2) is 6.91. The van der Waals surface area contributed by atoms with Gasteiger partial charge in [-0.1, -0.05) is 0 Å². The Morgan fingerprint density at radius 1 is 1.38 bits per heavy atom. The van der Waals surface area contributed by atoms with Crippen molar-refractivity contribution in [1.82, 2.24) is 4.90 Å². The molecule has 0 atom stereocenters. The van der Waals surface area contributed by atoms with Gasteiger partial charge >= 0.3 is 12.0 Å². The Bertz CT molecular complexity index is 544. The van der Waals surface area contributed by atoms with E-state index in [-0.39, 0.29) is 17.6 Å². The third-order valence-corrected chi connectivity index (χ3v) is 4.17. The van der Waals surface area contributed by atoms with Gasteiger partial charge in [0.1, 0.15) is 0 Å². The number of aromatic carboxylic acids is 1. The average molecular weight is 357 g/mol. The lowest BCUT2D eigenvalue weighted by atomic mass is 10.1. The van der Waals surface area contributed by atoms with Gasteiger partial charge in [0.15, 0.2) is 0 Å². The van der Waals surface area contributed by atoms with E-state index in [0.29, 0.717) is 23.4 Å². The summed E-state index contributed by atoms with van der Waals surface area (Å²) in [6.07, 6.45) is 1.64. The zero-order chi connectivity index (χ0) is 15.4. The summed E-state index contributed by atoms with van der Waals surface area (Å²) in [5.74, 6) is -1.01. The summed E-state index contributed by atoms with van der Waals surface area (Å²) in [6.45, 7) is 1.33. The molecule has 0 spiro atoms. The largest absolute Gasteiger partial charge is 0.478 e. The minimum Gasteiger partial charge on any atom is -0.478 e. The molecule has 1 fully saturated rings. The van der Waals surface area contributed by atoms with Crippen molar-refractivity contribution in [1.29, 1.82) is 0 Å². The van der Waals surface area contributed by atoms with Crippen LogP contribution in [0.5, 0.6) is 0 Å². The highest BCUT2D eigenvalue weighted by molar-refractivity contribution is 9.10. The van der Waals surface area contributed by atoms with Crippen molar-refractivity contribution in [3.8, 4) is 0 Å². The summed E-state index contributed by atoms with van der Waals surface area (Å²) in [4.78, 5) is 24.8. The topological polar surface area (TPSA) is 78.9 Å². The molecule has 1 aromatic carbocycles. The molecular weight excluding hydrogens is 340 g/mol. The second-order valence-electron chi connectivity index (χ2n) is 4.88. The Morgan fingerprint density at radius 2 is 2.05 bits per heavy atom. The van der Waals surface area contributed by atoms with Gasteiger partial charge in [0.25, 0.3) is 0 Å². The number of amides is 2. The van der Waals surface area contributed by atoms with Gasteiger partial charge in [-0.3, -0.25) is 0 Å². The van der Waals surface area contributed by atoms with Crippen LogP contribution in [-0.4, -0.2) is 48.3 Å². The van der Waals surface area contributed by atoms with E-state index in [9.17, 15) is 9.59 Å². The van der Waals surface area contributed by atoms with Gasteiger partial charge in [-0.25, -0.2) is 9.59 Å². The summed E-state index contributed by atoms with van der Waals surface area (Å²) in [5.41, 5.74) is 0.710. The number of halogens is 1. The summed E-state index contributed by atoms with van der Waals surface area (Å²) in [5, 5.41) is 11.7. The van der Waals surface area contributed by atoms with Crippen LogP contribution < -0.4 is 5.32 Å². The van der Waals surface area contributed by atoms with Crippen LogP contribution in [0.15, 0.2) is 22.7 Å². The van der Waals surface area contributed by atoms with Gasteiger partial charge in [0, 0.05) is 30.8 Å². The number of carboxylic acid groups (broad SMARTS) is 1. The molecule has 0 radical (unpaired) electrons. The molecule has 21 heavy (non-hydrogen) atoms. The van der Waals surface area contributed by atoms with Crippen LogP contribution in [0.4, 0.5) is 10.5 Å². The molecule has 2 N–H and O–H groups in total. The van der Waals surface area contributed by atoms with Crippen LogP contribution in [0.25, 0.3) is 0 Å². The molecule has 0 saturated carbocycles. The molecule has 0 bridgehead atoms. The van der Waals surface area contributed by atoms with E-state index >= 15 is 0 Å². The van der Waals surface area contributed by atoms with Gasteiger partial charge in [-0.2, -0.15) is 0 Å². The molecule has 2 rings (SSSR count). The number of carboxylic acids is 1. The molecule has 1 aromatic rings. The standard InChI is InChI=1S/C14H17BrN2O4/c1-17(10-4-6-21-7-5-10)14(20)16-12-3-2-9(13(18)19)8-11(12)15/h2-3,8,10H,4-7H2,1H3,(H,16,20)(H,18,19). The van der Waals surface area contributed by atoms with Crippen molar-refractivity contribution in [3.05, 3.63) is 28.2 Å². The third kappa shape index (κ3) is 3.95. The van der Waals surface area contributed by atoms with Gasteiger partial charge in [0.05, 0.1) is 11.3 Å². The second-order valence-corrected chi connectivity index (χ2v) is 5.74. The van der Waals surface area contributed by atoms with Crippen molar-refractivity contribution >= 4 is 33.6 Å². The van der Waals surface area contributed by atoms with Crippen LogP contribution in [0.3, 0.4) is 0 Å². The molecule has 1 aliphatic heterocycles. The predicted octanol–water partition coefficient (Wildman–Crippen LogP) is 2.79. The Hall–Kier alpha value is -1.60. The number of carbonyl (C=O) groups excluding carboxylic acids is 1. The summed E-state index contributed by atoms with van der Waals surface area (Å²) < 4.78 is 5.82. The zero-order valence-electron chi connectivity index (χ0n) is 11.6. The van der Waals surface area contributed by atoms with Crippen LogP contribution in [0, 0.1) is 0 Å². The van der Waals surface area contributed by atoms with E-state index in [1.807, 2.05) is 0 Å². The van der Waals surface area contributed by atoms with Crippen LogP contribution >= 0.6 is 15.9 Å². The van der Waals surface area contributed by atoms with Gasteiger partial charge in [-0.15, -0.1) is 0 Å². The molecule has 0 aliphatic carbocycles. The number of benzene rings is 1. The van der Waals surface area contributed by atoms with E-state index in [1.165, 1.54) is 12.1 Å². The van der Waals surface area contributed by atoms with E-state index in [0.717, 1.165) is 12.8 Å². The minimum atomic E-state index is -1.01. The molecule has 1 aliphatic rings. The summed E-state index contributed by atoms with van der Waals surface area (Å²) >= 11 is 3.27. The van der Waals surface area contributed by atoms with Gasteiger partial charge < -0.3 is 20.1 Å². The first-order valence-corrected chi connectivity index (χ1v) is 7.42. The molecule has 2 amide bonds. The highest BCUT2D eigenvalue weighted by Gasteiger charge is 2.22. The smallest absolute Gasteiger partial charge is 0.335 e. The first kappa shape index (κ1) is 15.8. The third-order valence-electron chi connectivity index (χ3n) is 3.52. The maximum absolute atomic E-state index is 12.2. The Kier molecular flexibility index (Phi) is 5.19. The van der Waals surface area contributed by atoms with Gasteiger partial charge in [-0.05, 0) is 47.0 Å². The fourth-order valence-electron chi connectivity index (χ4n) is 2.19. The molecule has 6 nitrogen and oxygen atoms in total. The first-order chi connectivity index (χ1) is 9.99. The summed E-state index contributed by atoms with van der Waals surface area (Å²) in [6, 6.07) is 4.44. The number of hydrogen-bond donors (Lipinski definition) is 2. The quantitative estimate of drug-likeness (QED) is 0.872. The molecule has 1 saturated heterocycles. The van der Waals surface area contributed by atoms with Crippen molar-refractivity contribution in [2.24, 2.45) is 0 Å². The van der Waals surface area contributed by atoms with Crippen molar-refractivity contribution in [2.45, 2.75) is 18.9 Å². The average Bonchev–Trinajstić information content (AvgIpc) is 2.49. The number of hydrogen-bond acceptors (Lipinski definition) is 3. The number of urea groups is 1. The normalized spacial score (nSPS) is 15.5. The number of rotatable bonds is 3. The van der Waals surface area contributed by atoms with Crippen molar-refractivity contribution < 1.29 is 19.4 Å². The molecular formula is C14H17BrN2O4. The number of ether oxygens (including phenoxy) is 1. The van der Waals surface area contributed by atoms with Crippen LogP contribution in [-0.2, 0) is 4.74 Å². The molecule has 1 heterocycles.